The predicted molar refractivity (Wildman–Crippen MR) is 116 cm³/mol. The lowest BCUT2D eigenvalue weighted by Crippen LogP contribution is -2.17. The van der Waals surface area contributed by atoms with E-state index >= 15 is 0 Å². The van der Waals surface area contributed by atoms with Gasteiger partial charge in [-0.15, -0.1) is 0 Å². The lowest BCUT2D eigenvalue weighted by atomic mass is 10.0. The number of carbonyl (C=O) groups is 1. The van der Waals surface area contributed by atoms with Crippen molar-refractivity contribution in [2.45, 2.75) is 59.1 Å². The van der Waals surface area contributed by atoms with Crippen LogP contribution in [-0.2, 0) is 16.1 Å². The summed E-state index contributed by atoms with van der Waals surface area (Å²) in [6.45, 7) is 9.95. The quantitative estimate of drug-likeness (QED) is 0.559. The minimum atomic E-state index is -0.395. The van der Waals surface area contributed by atoms with Crippen molar-refractivity contribution in [3.63, 3.8) is 0 Å². The van der Waals surface area contributed by atoms with Crippen molar-refractivity contribution >= 4 is 17.7 Å². The largest absolute Gasteiger partial charge is 0.376 e. The average Bonchev–Trinajstić information content (AvgIpc) is 3.30. The summed E-state index contributed by atoms with van der Waals surface area (Å²) in [5.74, 6) is 0.0351. The van der Waals surface area contributed by atoms with E-state index in [0.717, 1.165) is 42.9 Å². The van der Waals surface area contributed by atoms with Crippen molar-refractivity contribution < 1.29 is 9.53 Å². The van der Waals surface area contributed by atoms with E-state index in [1.807, 2.05) is 50.2 Å². The fraction of sp³-hybridized carbons (Fsp3) is 0.417. The number of ether oxygens (including phenoxy) is 1. The van der Waals surface area contributed by atoms with Gasteiger partial charge in [-0.1, -0.05) is 26.0 Å². The Morgan fingerprint density at radius 3 is 2.66 bits per heavy atom. The molecule has 1 aromatic carbocycles. The van der Waals surface area contributed by atoms with Crippen LogP contribution in [0.25, 0.3) is 6.08 Å². The lowest BCUT2D eigenvalue weighted by Gasteiger charge is -2.14. The molecule has 0 unspecified atom stereocenters. The van der Waals surface area contributed by atoms with Gasteiger partial charge in [-0.3, -0.25) is 4.79 Å². The molecule has 5 nitrogen and oxygen atoms in total. The number of aryl methyl sites for hydroxylation is 1. The first-order valence-corrected chi connectivity index (χ1v) is 10.2. The number of nitriles is 1. The summed E-state index contributed by atoms with van der Waals surface area (Å²) in [5.41, 5.74) is 5.02. The maximum atomic E-state index is 12.6. The van der Waals surface area contributed by atoms with Crippen LogP contribution in [0.4, 0.5) is 5.69 Å². The molecule has 152 valence electrons. The van der Waals surface area contributed by atoms with Gasteiger partial charge in [0.2, 0.25) is 0 Å². The molecule has 1 atom stereocenters. The molecule has 1 aliphatic rings. The van der Waals surface area contributed by atoms with Crippen LogP contribution >= 0.6 is 0 Å². The molecule has 0 saturated carbocycles. The maximum Gasteiger partial charge on any atom is 0.266 e. The average molecular weight is 392 g/mol. The van der Waals surface area contributed by atoms with E-state index in [-0.39, 0.29) is 11.7 Å². The van der Waals surface area contributed by atoms with Gasteiger partial charge in [0.1, 0.15) is 11.6 Å². The van der Waals surface area contributed by atoms with E-state index in [0.29, 0.717) is 11.6 Å². The second-order valence-corrected chi connectivity index (χ2v) is 7.97. The highest BCUT2D eigenvalue weighted by molar-refractivity contribution is 6.09. The molecular formula is C24H29N3O2. The van der Waals surface area contributed by atoms with Crippen LogP contribution < -0.4 is 5.32 Å². The molecule has 2 heterocycles. The van der Waals surface area contributed by atoms with Crippen molar-refractivity contribution in [1.82, 2.24) is 4.57 Å². The summed E-state index contributed by atoms with van der Waals surface area (Å²) >= 11 is 0. The monoisotopic (exact) mass is 391 g/mol. The van der Waals surface area contributed by atoms with Crippen molar-refractivity contribution in [2.75, 3.05) is 11.9 Å². The molecule has 1 aliphatic heterocycles. The first kappa shape index (κ1) is 20.9. The van der Waals surface area contributed by atoms with E-state index in [2.05, 4.69) is 23.7 Å². The number of benzene rings is 1. The number of carbonyl (C=O) groups excluding carboxylic acids is 1. The Kier molecular flexibility index (Phi) is 6.56. The topological polar surface area (TPSA) is 67.0 Å². The van der Waals surface area contributed by atoms with Crippen LogP contribution in [0, 0.1) is 25.2 Å². The van der Waals surface area contributed by atoms with Crippen molar-refractivity contribution in [2.24, 2.45) is 0 Å². The Morgan fingerprint density at radius 1 is 1.34 bits per heavy atom. The third-order valence-electron chi connectivity index (χ3n) is 5.52. The standard InChI is InChI=1S/C24H29N3O2/c1-16(2)19-7-9-22(10-8-19)26-24(28)21(14-25)13-20-12-17(3)27(18(20)4)15-23-6-5-11-29-23/h7-10,12-13,16,23H,5-6,11,15H2,1-4H3,(H,26,28)/b21-13+/t23-/m1/s1. The summed E-state index contributed by atoms with van der Waals surface area (Å²) in [5, 5.41) is 12.4. The van der Waals surface area contributed by atoms with Crippen molar-refractivity contribution in [3.05, 3.63) is 58.4 Å². The molecule has 29 heavy (non-hydrogen) atoms. The van der Waals surface area contributed by atoms with Crippen LogP contribution in [0.15, 0.2) is 35.9 Å². The van der Waals surface area contributed by atoms with E-state index in [1.165, 1.54) is 5.56 Å². The van der Waals surface area contributed by atoms with Gasteiger partial charge in [-0.05, 0) is 68.0 Å². The molecule has 0 bridgehead atoms. The van der Waals surface area contributed by atoms with Crippen molar-refractivity contribution in [3.8, 4) is 6.07 Å². The van der Waals surface area contributed by atoms with Crippen LogP contribution in [-0.4, -0.2) is 23.2 Å². The zero-order valence-electron chi connectivity index (χ0n) is 17.7. The van der Waals surface area contributed by atoms with E-state index in [1.54, 1.807) is 6.08 Å². The summed E-state index contributed by atoms with van der Waals surface area (Å²) in [6, 6.07) is 11.8. The minimum absolute atomic E-state index is 0.0929. The molecule has 0 spiro atoms. The fourth-order valence-electron chi connectivity index (χ4n) is 3.70. The number of hydrogen-bond donors (Lipinski definition) is 1. The first-order valence-electron chi connectivity index (χ1n) is 10.2. The zero-order valence-corrected chi connectivity index (χ0v) is 17.7. The zero-order chi connectivity index (χ0) is 21.0. The molecule has 1 fully saturated rings. The van der Waals surface area contributed by atoms with E-state index in [9.17, 15) is 10.1 Å². The third kappa shape index (κ3) is 4.96. The SMILES string of the molecule is Cc1cc(/C=C(\C#N)C(=O)Nc2ccc(C(C)C)cc2)c(C)n1C[C@H]1CCCO1. The van der Waals surface area contributed by atoms with Crippen LogP contribution in [0.1, 0.15) is 55.1 Å². The summed E-state index contributed by atoms with van der Waals surface area (Å²) < 4.78 is 7.96. The molecule has 1 aromatic heterocycles. The normalized spacial score (nSPS) is 16.8. The number of aromatic nitrogens is 1. The molecule has 2 aromatic rings. The third-order valence-corrected chi connectivity index (χ3v) is 5.52. The first-order chi connectivity index (χ1) is 13.9. The van der Waals surface area contributed by atoms with Gasteiger partial charge >= 0.3 is 0 Å². The van der Waals surface area contributed by atoms with Crippen LogP contribution in [0.5, 0.6) is 0 Å². The molecular weight excluding hydrogens is 362 g/mol. The second-order valence-electron chi connectivity index (χ2n) is 7.97. The number of rotatable bonds is 6. The van der Waals surface area contributed by atoms with Gasteiger partial charge in [-0.25, -0.2) is 0 Å². The van der Waals surface area contributed by atoms with E-state index in [4.69, 9.17) is 4.74 Å². The van der Waals surface area contributed by atoms with E-state index < -0.39 is 5.91 Å². The maximum absolute atomic E-state index is 12.6. The Balaban J connectivity index is 1.76. The van der Waals surface area contributed by atoms with Gasteiger partial charge < -0.3 is 14.6 Å². The molecule has 0 radical (unpaired) electrons. The lowest BCUT2D eigenvalue weighted by molar-refractivity contribution is -0.112. The molecule has 1 amide bonds. The Hall–Kier alpha value is -2.84. The van der Waals surface area contributed by atoms with Gasteiger partial charge in [-0.2, -0.15) is 5.26 Å². The molecule has 0 aliphatic carbocycles. The second kappa shape index (κ2) is 9.11. The smallest absolute Gasteiger partial charge is 0.266 e. The minimum Gasteiger partial charge on any atom is -0.376 e. The highest BCUT2D eigenvalue weighted by Gasteiger charge is 2.19. The summed E-state index contributed by atoms with van der Waals surface area (Å²) in [7, 11) is 0. The Labute approximate surface area is 173 Å². The number of anilines is 1. The Morgan fingerprint density at radius 2 is 2.07 bits per heavy atom. The van der Waals surface area contributed by atoms with Crippen LogP contribution in [0.3, 0.4) is 0 Å². The predicted octanol–water partition coefficient (Wildman–Crippen LogP) is 4.95. The number of nitrogens with zero attached hydrogens (tertiary/aromatic N) is 2. The van der Waals surface area contributed by atoms with Crippen molar-refractivity contribution in [1.29, 1.82) is 5.26 Å². The highest BCUT2D eigenvalue weighted by atomic mass is 16.5. The van der Waals surface area contributed by atoms with Crippen LogP contribution in [0.2, 0.25) is 0 Å². The molecule has 5 heteroatoms. The Bertz CT molecular complexity index is 940. The fourth-order valence-corrected chi connectivity index (χ4v) is 3.70. The summed E-state index contributed by atoms with van der Waals surface area (Å²) in [4.78, 5) is 12.6. The van der Waals surface area contributed by atoms with Gasteiger partial charge in [0.05, 0.1) is 6.10 Å². The summed E-state index contributed by atoms with van der Waals surface area (Å²) in [6.07, 6.45) is 4.09. The number of hydrogen-bond acceptors (Lipinski definition) is 3. The number of amides is 1. The highest BCUT2D eigenvalue weighted by Crippen LogP contribution is 2.23. The molecule has 1 N–H and O–H groups in total. The van der Waals surface area contributed by atoms with Gasteiger partial charge in [0, 0.05) is 30.2 Å². The van der Waals surface area contributed by atoms with Gasteiger partial charge in [0.25, 0.3) is 5.91 Å². The molecule has 3 rings (SSSR count). The number of nitrogens with one attached hydrogen (secondary N) is 1. The van der Waals surface area contributed by atoms with Gasteiger partial charge in [0.15, 0.2) is 0 Å². The molecule has 1 saturated heterocycles.